The summed E-state index contributed by atoms with van der Waals surface area (Å²) in [6, 6.07) is -2.48. The average Bonchev–Trinajstić information content (AvgIpc) is 3.32. The van der Waals surface area contributed by atoms with E-state index in [9.17, 15) is 29.1 Å². The predicted molar refractivity (Wildman–Crippen MR) is 137 cm³/mol. The highest BCUT2D eigenvalue weighted by molar-refractivity contribution is 5.93. The summed E-state index contributed by atoms with van der Waals surface area (Å²) in [5, 5.41) is 18.3. The molecule has 0 bridgehead atoms. The van der Waals surface area contributed by atoms with Crippen LogP contribution in [-0.4, -0.2) is 77.2 Å². The fraction of sp³-hybridized carbons (Fsp3) is 0.808. The summed E-state index contributed by atoms with van der Waals surface area (Å²) in [4.78, 5) is 62.9. The Hall–Kier alpha value is -2.49. The second-order valence-corrected chi connectivity index (χ2v) is 9.63. The lowest BCUT2D eigenvalue weighted by molar-refractivity contribution is -0.140. The van der Waals surface area contributed by atoms with Crippen molar-refractivity contribution in [3.05, 3.63) is 0 Å². The molecule has 0 radical (unpaired) electrons. The molecule has 0 aromatic heterocycles. The quantitative estimate of drug-likeness (QED) is 0.163. The third-order valence-corrected chi connectivity index (χ3v) is 6.41. The Morgan fingerprint density at radius 1 is 0.972 bits per heavy atom. The third kappa shape index (κ3) is 11.5. The Kier molecular flexibility index (Phi) is 15.6. The maximum absolute atomic E-state index is 13.1. The van der Waals surface area contributed by atoms with Crippen LogP contribution in [0.4, 0.5) is 0 Å². The van der Waals surface area contributed by atoms with E-state index in [2.05, 4.69) is 16.0 Å². The first kappa shape index (κ1) is 31.5. The first-order chi connectivity index (χ1) is 17.2. The van der Waals surface area contributed by atoms with Crippen molar-refractivity contribution in [3.8, 4) is 0 Å². The minimum absolute atomic E-state index is 0.0268. The summed E-state index contributed by atoms with van der Waals surface area (Å²) in [6.07, 6.45) is 7.56. The lowest BCUT2D eigenvalue weighted by atomic mass is 10.0. The molecule has 0 aliphatic carbocycles. The van der Waals surface area contributed by atoms with Gasteiger partial charge >= 0.3 is 0 Å². The molecule has 10 nitrogen and oxygen atoms in total. The molecule has 1 heterocycles. The van der Waals surface area contributed by atoms with Gasteiger partial charge in [0.05, 0.1) is 12.1 Å². The Bertz CT molecular complexity index is 715. The number of rotatable bonds is 18. The number of likely N-dealkylation sites (tertiary alicyclic amines) is 1. The first-order valence-corrected chi connectivity index (χ1v) is 13.5. The summed E-state index contributed by atoms with van der Waals surface area (Å²) in [5.41, 5.74) is 0. The van der Waals surface area contributed by atoms with Crippen molar-refractivity contribution in [2.75, 3.05) is 13.1 Å². The number of unbranched alkanes of at least 4 members (excludes halogenated alkanes) is 4. The number of hydrogen-bond donors (Lipinski definition) is 4. The van der Waals surface area contributed by atoms with Crippen molar-refractivity contribution in [3.63, 3.8) is 0 Å². The van der Waals surface area contributed by atoms with Crippen molar-refractivity contribution in [1.82, 2.24) is 20.9 Å². The summed E-state index contributed by atoms with van der Waals surface area (Å²) < 4.78 is 0. The Morgan fingerprint density at radius 3 is 2.36 bits per heavy atom. The lowest BCUT2D eigenvalue weighted by Gasteiger charge is -2.29. The molecule has 0 aromatic rings. The van der Waals surface area contributed by atoms with Crippen LogP contribution in [0.15, 0.2) is 0 Å². The number of amides is 4. The maximum atomic E-state index is 13.1. The number of nitrogens with zero attached hydrogens (tertiary/aromatic N) is 1. The average molecular weight is 511 g/mol. The van der Waals surface area contributed by atoms with E-state index in [0.717, 1.165) is 51.2 Å². The van der Waals surface area contributed by atoms with E-state index >= 15 is 0 Å². The minimum atomic E-state index is -1.19. The molecule has 0 spiro atoms. The van der Waals surface area contributed by atoms with E-state index in [1.54, 1.807) is 0 Å². The van der Waals surface area contributed by atoms with Crippen molar-refractivity contribution >= 4 is 29.9 Å². The summed E-state index contributed by atoms with van der Waals surface area (Å²) in [6.45, 7) is 6.44. The van der Waals surface area contributed by atoms with Gasteiger partial charge in [0.25, 0.3) is 0 Å². The third-order valence-electron chi connectivity index (χ3n) is 6.41. The molecule has 4 amide bonds. The van der Waals surface area contributed by atoms with Crippen LogP contribution in [0.3, 0.4) is 0 Å². The van der Waals surface area contributed by atoms with Gasteiger partial charge in [0.15, 0.2) is 0 Å². The topological polar surface area (TPSA) is 145 Å². The molecule has 1 aliphatic rings. The van der Waals surface area contributed by atoms with Crippen LogP contribution in [0.25, 0.3) is 0 Å². The van der Waals surface area contributed by atoms with E-state index < -0.39 is 30.1 Å². The van der Waals surface area contributed by atoms with E-state index in [0.29, 0.717) is 38.8 Å². The Balaban J connectivity index is 2.62. The fourth-order valence-corrected chi connectivity index (χ4v) is 4.31. The van der Waals surface area contributed by atoms with Gasteiger partial charge in [0.2, 0.25) is 23.6 Å². The van der Waals surface area contributed by atoms with Crippen molar-refractivity contribution in [2.45, 2.75) is 122 Å². The van der Waals surface area contributed by atoms with E-state index in [-0.39, 0.29) is 24.1 Å². The molecule has 206 valence electrons. The van der Waals surface area contributed by atoms with Crippen LogP contribution in [0.1, 0.15) is 97.8 Å². The van der Waals surface area contributed by atoms with E-state index in [4.69, 9.17) is 0 Å². The number of aliphatic hydroxyl groups excluding tert-OH is 1. The van der Waals surface area contributed by atoms with Crippen LogP contribution in [-0.2, 0) is 24.0 Å². The maximum Gasteiger partial charge on any atom is 0.245 e. The molecule has 4 N–H and O–H groups in total. The van der Waals surface area contributed by atoms with Crippen molar-refractivity contribution in [1.29, 1.82) is 0 Å². The van der Waals surface area contributed by atoms with Crippen LogP contribution < -0.4 is 16.0 Å². The zero-order valence-electron chi connectivity index (χ0n) is 22.2. The molecule has 36 heavy (non-hydrogen) atoms. The zero-order chi connectivity index (χ0) is 26.9. The summed E-state index contributed by atoms with van der Waals surface area (Å²) >= 11 is 0. The molecular weight excluding hydrogens is 464 g/mol. The molecule has 4 unspecified atom stereocenters. The second kappa shape index (κ2) is 17.9. The Morgan fingerprint density at radius 2 is 1.72 bits per heavy atom. The number of nitrogens with one attached hydrogen (secondary N) is 3. The molecular formula is C26H46N4O6. The zero-order valence-corrected chi connectivity index (χ0v) is 22.2. The molecule has 1 rings (SSSR count). The van der Waals surface area contributed by atoms with Crippen LogP contribution >= 0.6 is 0 Å². The number of hydrogen-bond acceptors (Lipinski definition) is 6. The van der Waals surface area contributed by atoms with Gasteiger partial charge < -0.3 is 30.8 Å². The molecule has 4 atom stereocenters. The van der Waals surface area contributed by atoms with Gasteiger partial charge in [-0.2, -0.15) is 0 Å². The normalized spacial score (nSPS) is 17.7. The number of aldehydes is 1. The molecule has 1 saturated heterocycles. The molecule has 1 fully saturated rings. The highest BCUT2D eigenvalue weighted by Gasteiger charge is 2.35. The lowest BCUT2D eigenvalue weighted by Crippen LogP contribution is -2.57. The van der Waals surface area contributed by atoms with Gasteiger partial charge in [0.1, 0.15) is 18.4 Å². The summed E-state index contributed by atoms with van der Waals surface area (Å²) in [5.74, 6) is -1.25. The fourth-order valence-electron chi connectivity index (χ4n) is 4.31. The highest BCUT2D eigenvalue weighted by Crippen LogP contribution is 2.18. The highest BCUT2D eigenvalue weighted by atomic mass is 16.3. The minimum Gasteiger partial charge on any atom is -0.391 e. The second-order valence-electron chi connectivity index (χ2n) is 9.63. The number of carbonyl (C=O) groups excluding carboxylic acids is 5. The summed E-state index contributed by atoms with van der Waals surface area (Å²) in [7, 11) is 0. The SMILES string of the molecule is CCCCCC(NC(=O)C(NC(=O)CCCCCNC(=O)CCC)C(C)O)C(=O)N1CCCC1C=O. The van der Waals surface area contributed by atoms with Crippen molar-refractivity contribution < 1.29 is 29.1 Å². The van der Waals surface area contributed by atoms with Gasteiger partial charge in [-0.25, -0.2) is 0 Å². The van der Waals surface area contributed by atoms with Gasteiger partial charge in [-0.3, -0.25) is 19.2 Å². The smallest absolute Gasteiger partial charge is 0.245 e. The Labute approximate surface area is 215 Å². The van der Waals surface area contributed by atoms with Crippen LogP contribution in [0, 0.1) is 0 Å². The standard InChI is InChI=1S/C26H46N4O6/c1-4-6-8-14-21(26(36)30-17-11-13-20(30)18-31)28-25(35)24(19(3)32)29-23(34)15-9-7-10-16-27-22(33)12-5-2/h18-21,24,32H,4-17H2,1-3H3,(H,27,33)(H,28,35)(H,29,34). The predicted octanol–water partition coefficient (Wildman–Crippen LogP) is 1.58. The molecule has 0 saturated carbocycles. The number of aliphatic hydroxyl groups is 1. The molecule has 0 aromatic carbocycles. The van der Waals surface area contributed by atoms with E-state index in [1.807, 2.05) is 13.8 Å². The van der Waals surface area contributed by atoms with Gasteiger partial charge in [0, 0.05) is 25.9 Å². The van der Waals surface area contributed by atoms with Crippen LogP contribution in [0.2, 0.25) is 0 Å². The van der Waals surface area contributed by atoms with Gasteiger partial charge in [-0.05, 0) is 45.4 Å². The monoisotopic (exact) mass is 510 g/mol. The molecule has 1 aliphatic heterocycles. The van der Waals surface area contributed by atoms with Gasteiger partial charge in [-0.15, -0.1) is 0 Å². The van der Waals surface area contributed by atoms with Gasteiger partial charge in [-0.1, -0.05) is 39.5 Å². The number of carbonyl (C=O) groups is 5. The van der Waals surface area contributed by atoms with Crippen molar-refractivity contribution in [2.24, 2.45) is 0 Å². The van der Waals surface area contributed by atoms with Crippen LogP contribution in [0.5, 0.6) is 0 Å². The first-order valence-electron chi connectivity index (χ1n) is 13.5. The molecule has 10 heteroatoms. The van der Waals surface area contributed by atoms with E-state index in [1.165, 1.54) is 11.8 Å². The largest absolute Gasteiger partial charge is 0.391 e.